The Bertz CT molecular complexity index is 480. The van der Waals surface area contributed by atoms with Crippen LogP contribution in [-0.2, 0) is 4.79 Å². The maximum atomic E-state index is 12.2. The van der Waals surface area contributed by atoms with E-state index in [1.165, 1.54) is 4.90 Å². The molecule has 0 aliphatic rings. The van der Waals surface area contributed by atoms with E-state index in [0.29, 0.717) is 11.5 Å². The lowest BCUT2D eigenvalue weighted by Crippen LogP contribution is -2.31. The number of hydrogen-bond donors (Lipinski definition) is 1. The molecule has 0 radical (unpaired) electrons. The zero-order valence-corrected chi connectivity index (χ0v) is 11.9. The Morgan fingerprint density at radius 1 is 1.26 bits per heavy atom. The van der Waals surface area contributed by atoms with Gasteiger partial charge < -0.3 is 5.11 Å². The second-order valence-electron chi connectivity index (χ2n) is 5.22. The molecule has 0 unspecified atom stereocenters. The summed E-state index contributed by atoms with van der Waals surface area (Å²) in [7, 11) is 1.63. The predicted molar refractivity (Wildman–Crippen MR) is 74.7 cm³/mol. The number of carboxylic acids is 1. The summed E-state index contributed by atoms with van der Waals surface area (Å²) in [6.07, 6.45) is 0. The minimum Gasteiger partial charge on any atom is -0.480 e. The van der Waals surface area contributed by atoms with Gasteiger partial charge in [-0.15, -0.1) is 0 Å². The molecule has 0 aliphatic carbocycles. The minimum atomic E-state index is -0.928. The van der Waals surface area contributed by atoms with Gasteiger partial charge in [-0.1, -0.05) is 26.0 Å². The van der Waals surface area contributed by atoms with Crippen molar-refractivity contribution in [1.29, 1.82) is 0 Å². The first kappa shape index (κ1) is 15.4. The quantitative estimate of drug-likeness (QED) is 0.800. The van der Waals surface area contributed by atoms with Crippen LogP contribution in [0.4, 0.5) is 0 Å². The molecule has 0 saturated carbocycles. The Kier molecular flexibility index (Phi) is 5.24. The first-order valence-electron chi connectivity index (χ1n) is 6.35. The van der Waals surface area contributed by atoms with Crippen LogP contribution in [0.3, 0.4) is 0 Å². The Morgan fingerprint density at radius 2 is 1.89 bits per heavy atom. The number of hydrogen-bond acceptors (Lipinski definition) is 3. The molecular weight excluding hydrogens is 242 g/mol. The first-order chi connectivity index (χ1) is 8.81. The molecule has 0 aliphatic heterocycles. The largest absolute Gasteiger partial charge is 0.480 e. The zero-order chi connectivity index (χ0) is 14.6. The summed E-state index contributed by atoms with van der Waals surface area (Å²) in [5, 5.41) is 8.69. The second-order valence-corrected chi connectivity index (χ2v) is 5.22. The van der Waals surface area contributed by atoms with Crippen molar-refractivity contribution >= 4 is 11.8 Å². The third kappa shape index (κ3) is 4.48. The van der Waals surface area contributed by atoms with Gasteiger partial charge in [0.05, 0.1) is 13.1 Å². The molecule has 1 N–H and O–H groups in total. The van der Waals surface area contributed by atoms with Gasteiger partial charge in [0.25, 0.3) is 0 Å². The molecule has 1 aromatic rings. The summed E-state index contributed by atoms with van der Waals surface area (Å²) in [5.74, 6) is -0.601. The Hall–Kier alpha value is -1.68. The third-order valence-corrected chi connectivity index (χ3v) is 3.05. The Labute approximate surface area is 114 Å². The average Bonchev–Trinajstić information content (AvgIpc) is 2.27. The summed E-state index contributed by atoms with van der Waals surface area (Å²) in [4.78, 5) is 24.3. The van der Waals surface area contributed by atoms with E-state index < -0.39 is 5.97 Å². The normalized spacial score (nSPS) is 11.1. The van der Waals surface area contributed by atoms with E-state index in [2.05, 4.69) is 13.8 Å². The molecule has 0 spiro atoms. The van der Waals surface area contributed by atoms with Crippen LogP contribution in [0.25, 0.3) is 0 Å². The standard InChI is InChI=1S/C15H21NO3/c1-10(2)12-6-5-11(3)13(7-12)14(17)8-16(4)9-15(18)19/h5-7,10H,8-9H2,1-4H3,(H,18,19). The van der Waals surface area contributed by atoms with Crippen LogP contribution >= 0.6 is 0 Å². The fraction of sp³-hybridized carbons (Fsp3) is 0.467. The first-order valence-corrected chi connectivity index (χ1v) is 6.35. The van der Waals surface area contributed by atoms with E-state index in [4.69, 9.17) is 5.11 Å². The van der Waals surface area contributed by atoms with Crippen molar-refractivity contribution < 1.29 is 14.7 Å². The molecule has 0 fully saturated rings. The molecule has 0 atom stereocenters. The number of carboxylic acid groups (broad SMARTS) is 1. The zero-order valence-electron chi connectivity index (χ0n) is 11.9. The van der Waals surface area contributed by atoms with Gasteiger partial charge in [-0.3, -0.25) is 14.5 Å². The van der Waals surface area contributed by atoms with Crippen LogP contribution in [-0.4, -0.2) is 41.9 Å². The van der Waals surface area contributed by atoms with Gasteiger partial charge in [0, 0.05) is 5.56 Å². The minimum absolute atomic E-state index is 0.0382. The van der Waals surface area contributed by atoms with Crippen LogP contribution in [0.2, 0.25) is 0 Å². The number of likely N-dealkylation sites (N-methyl/N-ethyl adjacent to an activating group) is 1. The van der Waals surface area contributed by atoms with Gasteiger partial charge >= 0.3 is 5.97 Å². The molecule has 19 heavy (non-hydrogen) atoms. The average molecular weight is 263 g/mol. The second kappa shape index (κ2) is 6.48. The summed E-state index contributed by atoms with van der Waals surface area (Å²) >= 11 is 0. The van der Waals surface area contributed by atoms with Crippen molar-refractivity contribution in [1.82, 2.24) is 4.90 Å². The summed E-state index contributed by atoms with van der Waals surface area (Å²) < 4.78 is 0. The van der Waals surface area contributed by atoms with Gasteiger partial charge in [0.15, 0.2) is 5.78 Å². The van der Waals surface area contributed by atoms with Gasteiger partial charge in [0.1, 0.15) is 0 Å². The molecule has 1 aromatic carbocycles. The number of aliphatic carboxylic acids is 1. The molecule has 4 heteroatoms. The van der Waals surface area contributed by atoms with E-state index in [-0.39, 0.29) is 18.9 Å². The van der Waals surface area contributed by atoms with E-state index in [1.807, 2.05) is 25.1 Å². The number of rotatable bonds is 6. The number of aryl methyl sites for hydroxylation is 1. The highest BCUT2D eigenvalue weighted by molar-refractivity contribution is 5.99. The number of Topliss-reactive ketones (excluding diaryl/α,β-unsaturated/α-hetero) is 1. The number of nitrogens with zero attached hydrogens (tertiary/aromatic N) is 1. The number of carbonyl (C=O) groups excluding carboxylic acids is 1. The topological polar surface area (TPSA) is 57.6 Å². The highest BCUT2D eigenvalue weighted by atomic mass is 16.4. The summed E-state index contributed by atoms with van der Waals surface area (Å²) in [6, 6.07) is 5.88. The molecule has 0 heterocycles. The lowest BCUT2D eigenvalue weighted by atomic mass is 9.96. The molecule has 0 saturated heterocycles. The molecule has 0 amide bonds. The van der Waals surface area contributed by atoms with Gasteiger partial charge in [-0.05, 0) is 37.1 Å². The van der Waals surface area contributed by atoms with Crippen molar-refractivity contribution in [2.45, 2.75) is 26.7 Å². The number of ketones is 1. The molecule has 4 nitrogen and oxygen atoms in total. The van der Waals surface area contributed by atoms with Gasteiger partial charge in [-0.25, -0.2) is 0 Å². The van der Waals surface area contributed by atoms with Gasteiger partial charge in [-0.2, -0.15) is 0 Å². The lowest BCUT2D eigenvalue weighted by molar-refractivity contribution is -0.137. The smallest absolute Gasteiger partial charge is 0.317 e. The van der Waals surface area contributed by atoms with Crippen molar-refractivity contribution in [3.05, 3.63) is 34.9 Å². The SMILES string of the molecule is Cc1ccc(C(C)C)cc1C(=O)CN(C)CC(=O)O. The van der Waals surface area contributed by atoms with Crippen molar-refractivity contribution in [3.63, 3.8) is 0 Å². The number of benzene rings is 1. The maximum absolute atomic E-state index is 12.2. The molecular formula is C15H21NO3. The van der Waals surface area contributed by atoms with E-state index in [1.54, 1.807) is 7.05 Å². The third-order valence-electron chi connectivity index (χ3n) is 3.05. The van der Waals surface area contributed by atoms with Crippen LogP contribution in [0.15, 0.2) is 18.2 Å². The Morgan fingerprint density at radius 3 is 2.42 bits per heavy atom. The molecule has 104 valence electrons. The number of carbonyl (C=O) groups is 2. The Balaban J connectivity index is 2.87. The van der Waals surface area contributed by atoms with Crippen LogP contribution < -0.4 is 0 Å². The summed E-state index contributed by atoms with van der Waals surface area (Å²) in [5.41, 5.74) is 2.73. The van der Waals surface area contributed by atoms with Crippen molar-refractivity contribution in [2.75, 3.05) is 20.1 Å². The van der Waals surface area contributed by atoms with Crippen LogP contribution in [0, 0.1) is 6.92 Å². The van der Waals surface area contributed by atoms with Crippen LogP contribution in [0.1, 0.15) is 41.3 Å². The fourth-order valence-corrected chi connectivity index (χ4v) is 1.92. The predicted octanol–water partition coefficient (Wildman–Crippen LogP) is 2.32. The van der Waals surface area contributed by atoms with Crippen molar-refractivity contribution in [2.24, 2.45) is 0 Å². The summed E-state index contributed by atoms with van der Waals surface area (Å²) in [6.45, 7) is 6.04. The molecule has 0 bridgehead atoms. The maximum Gasteiger partial charge on any atom is 0.317 e. The molecule has 1 rings (SSSR count). The van der Waals surface area contributed by atoms with E-state index in [9.17, 15) is 9.59 Å². The highest BCUT2D eigenvalue weighted by Crippen LogP contribution is 2.19. The van der Waals surface area contributed by atoms with Crippen molar-refractivity contribution in [3.8, 4) is 0 Å². The fourth-order valence-electron chi connectivity index (χ4n) is 1.92. The molecule has 0 aromatic heterocycles. The highest BCUT2D eigenvalue weighted by Gasteiger charge is 2.14. The van der Waals surface area contributed by atoms with E-state index in [0.717, 1.165) is 11.1 Å². The van der Waals surface area contributed by atoms with E-state index >= 15 is 0 Å². The lowest BCUT2D eigenvalue weighted by Gasteiger charge is -2.15. The van der Waals surface area contributed by atoms with Gasteiger partial charge in [0.2, 0.25) is 0 Å². The monoisotopic (exact) mass is 263 g/mol. The van der Waals surface area contributed by atoms with Crippen LogP contribution in [0.5, 0.6) is 0 Å².